The summed E-state index contributed by atoms with van der Waals surface area (Å²) in [5.74, 6) is -2.11. The molecule has 0 heterocycles. The van der Waals surface area contributed by atoms with Crippen molar-refractivity contribution in [2.75, 3.05) is 6.54 Å². The Morgan fingerprint density at radius 1 is 1.32 bits per heavy atom. The minimum Gasteiger partial charge on any atom is -0.480 e. The molecule has 0 bridgehead atoms. The van der Waals surface area contributed by atoms with Gasteiger partial charge in [0.2, 0.25) is 5.91 Å². The van der Waals surface area contributed by atoms with Crippen LogP contribution >= 0.6 is 15.9 Å². The molecule has 0 saturated heterocycles. The molecule has 1 atom stereocenters. The van der Waals surface area contributed by atoms with Gasteiger partial charge in [-0.2, -0.15) is 0 Å². The van der Waals surface area contributed by atoms with Gasteiger partial charge in [-0.05, 0) is 35.0 Å². The van der Waals surface area contributed by atoms with E-state index in [0.29, 0.717) is 10.0 Å². The van der Waals surface area contributed by atoms with Crippen molar-refractivity contribution in [2.45, 2.75) is 13.0 Å². The third kappa shape index (κ3) is 4.70. The molecule has 0 radical (unpaired) electrons. The highest BCUT2D eigenvalue weighted by atomic mass is 79.9. The molecule has 0 aromatic heterocycles. The first-order valence-electron chi connectivity index (χ1n) is 5.46. The molecule has 1 unspecified atom stereocenters. The number of nitrogens with one attached hydrogen (secondary N) is 2. The van der Waals surface area contributed by atoms with Gasteiger partial charge in [0, 0.05) is 4.47 Å². The number of hydrogen-bond acceptors (Lipinski definition) is 3. The number of halogens is 1. The van der Waals surface area contributed by atoms with Crippen molar-refractivity contribution in [1.29, 1.82) is 0 Å². The molecule has 6 nitrogen and oxygen atoms in total. The molecule has 0 spiro atoms. The standard InChI is InChI=1S/C12H13BrN2O4/c1-7(12(18)19)15-10(16)6-14-11(17)8-4-2-3-5-9(8)13/h2-5,7H,6H2,1H3,(H,14,17)(H,15,16)(H,18,19). The van der Waals surface area contributed by atoms with E-state index in [9.17, 15) is 14.4 Å². The summed E-state index contributed by atoms with van der Waals surface area (Å²) >= 11 is 3.22. The van der Waals surface area contributed by atoms with E-state index in [1.165, 1.54) is 6.92 Å². The molecule has 0 aliphatic heterocycles. The lowest BCUT2D eigenvalue weighted by Gasteiger charge is -2.10. The van der Waals surface area contributed by atoms with Crippen LogP contribution in [0.1, 0.15) is 17.3 Å². The molecule has 0 aliphatic carbocycles. The van der Waals surface area contributed by atoms with Gasteiger partial charge in [0.15, 0.2) is 0 Å². The summed E-state index contributed by atoms with van der Waals surface area (Å²) in [6.45, 7) is 1.06. The van der Waals surface area contributed by atoms with Crippen LogP contribution in [0.15, 0.2) is 28.7 Å². The van der Waals surface area contributed by atoms with Gasteiger partial charge in [-0.3, -0.25) is 14.4 Å². The van der Waals surface area contributed by atoms with Gasteiger partial charge in [0.05, 0.1) is 12.1 Å². The molecule has 0 saturated carbocycles. The van der Waals surface area contributed by atoms with Crippen LogP contribution in [-0.4, -0.2) is 35.5 Å². The van der Waals surface area contributed by atoms with Crippen LogP contribution in [0.2, 0.25) is 0 Å². The van der Waals surface area contributed by atoms with Crippen LogP contribution in [0.25, 0.3) is 0 Å². The smallest absolute Gasteiger partial charge is 0.325 e. The summed E-state index contributed by atoms with van der Waals surface area (Å²) < 4.78 is 0.617. The summed E-state index contributed by atoms with van der Waals surface area (Å²) in [4.78, 5) is 33.7. The molecule has 19 heavy (non-hydrogen) atoms. The van der Waals surface area contributed by atoms with Gasteiger partial charge in [-0.1, -0.05) is 12.1 Å². The molecule has 7 heteroatoms. The Bertz CT molecular complexity index is 504. The average Bonchev–Trinajstić information content (AvgIpc) is 2.36. The first kappa shape index (κ1) is 15.2. The Hall–Kier alpha value is -1.89. The second kappa shape index (κ2) is 6.89. The first-order valence-corrected chi connectivity index (χ1v) is 6.26. The lowest BCUT2D eigenvalue weighted by Crippen LogP contribution is -2.44. The number of carboxylic acid groups (broad SMARTS) is 1. The van der Waals surface area contributed by atoms with Crippen LogP contribution in [0, 0.1) is 0 Å². The van der Waals surface area contributed by atoms with Gasteiger partial charge in [0.25, 0.3) is 5.91 Å². The van der Waals surface area contributed by atoms with Crippen LogP contribution in [0.4, 0.5) is 0 Å². The highest BCUT2D eigenvalue weighted by Gasteiger charge is 2.15. The molecule has 3 N–H and O–H groups in total. The quantitative estimate of drug-likeness (QED) is 0.743. The van der Waals surface area contributed by atoms with Gasteiger partial charge >= 0.3 is 5.97 Å². The van der Waals surface area contributed by atoms with Crippen molar-refractivity contribution in [3.05, 3.63) is 34.3 Å². The van der Waals surface area contributed by atoms with Crippen molar-refractivity contribution < 1.29 is 19.5 Å². The van der Waals surface area contributed by atoms with E-state index in [-0.39, 0.29) is 6.54 Å². The van der Waals surface area contributed by atoms with Crippen LogP contribution in [0.3, 0.4) is 0 Å². The number of rotatable bonds is 5. The molecule has 2 amide bonds. The average molecular weight is 329 g/mol. The van der Waals surface area contributed by atoms with Crippen LogP contribution in [0.5, 0.6) is 0 Å². The summed E-state index contributed by atoms with van der Waals surface area (Å²) in [5, 5.41) is 13.3. The Morgan fingerprint density at radius 2 is 1.95 bits per heavy atom. The molecule has 0 fully saturated rings. The topological polar surface area (TPSA) is 95.5 Å². The number of carbonyl (C=O) groups excluding carboxylic acids is 2. The number of hydrogen-bond donors (Lipinski definition) is 3. The van der Waals surface area contributed by atoms with Gasteiger partial charge < -0.3 is 15.7 Å². The maximum absolute atomic E-state index is 11.8. The molecule has 102 valence electrons. The summed E-state index contributed by atoms with van der Waals surface area (Å²) in [6.07, 6.45) is 0. The van der Waals surface area contributed by atoms with Crippen molar-refractivity contribution in [3.63, 3.8) is 0 Å². The number of aliphatic carboxylic acids is 1. The molecule has 1 aromatic carbocycles. The summed E-state index contributed by atoms with van der Waals surface area (Å²) in [6, 6.07) is 5.79. The van der Waals surface area contributed by atoms with E-state index >= 15 is 0 Å². The summed E-state index contributed by atoms with van der Waals surface area (Å²) in [7, 11) is 0. The number of benzene rings is 1. The predicted octanol–water partition coefficient (Wildman–Crippen LogP) is 0.768. The predicted molar refractivity (Wildman–Crippen MR) is 71.7 cm³/mol. The van der Waals surface area contributed by atoms with Crippen molar-refractivity contribution in [3.8, 4) is 0 Å². The normalized spacial score (nSPS) is 11.5. The minimum absolute atomic E-state index is 0.280. The fourth-order valence-corrected chi connectivity index (χ4v) is 1.72. The number of carboxylic acids is 1. The van der Waals surface area contributed by atoms with E-state index in [0.717, 1.165) is 0 Å². The fourth-order valence-electron chi connectivity index (χ4n) is 1.26. The zero-order valence-electron chi connectivity index (χ0n) is 10.1. The Balaban J connectivity index is 2.49. The molecule has 1 rings (SSSR count). The summed E-state index contributed by atoms with van der Waals surface area (Å²) in [5.41, 5.74) is 0.404. The first-order chi connectivity index (χ1) is 8.91. The van der Waals surface area contributed by atoms with Crippen molar-refractivity contribution in [1.82, 2.24) is 10.6 Å². The lowest BCUT2D eigenvalue weighted by atomic mass is 10.2. The lowest BCUT2D eigenvalue weighted by molar-refractivity contribution is -0.141. The largest absolute Gasteiger partial charge is 0.480 e. The Morgan fingerprint density at radius 3 is 2.53 bits per heavy atom. The highest BCUT2D eigenvalue weighted by Crippen LogP contribution is 2.15. The SMILES string of the molecule is CC(NC(=O)CNC(=O)c1ccccc1Br)C(=O)O. The van der Waals surface area contributed by atoms with Gasteiger partial charge in [-0.15, -0.1) is 0 Å². The molecular formula is C12H13BrN2O4. The van der Waals surface area contributed by atoms with Gasteiger partial charge in [-0.25, -0.2) is 0 Å². The maximum Gasteiger partial charge on any atom is 0.325 e. The van der Waals surface area contributed by atoms with Crippen molar-refractivity contribution >= 4 is 33.7 Å². The Labute approximate surface area is 118 Å². The number of carbonyl (C=O) groups is 3. The second-order valence-electron chi connectivity index (χ2n) is 3.79. The van der Waals surface area contributed by atoms with E-state index in [1.807, 2.05) is 0 Å². The van der Waals surface area contributed by atoms with Crippen LogP contribution in [-0.2, 0) is 9.59 Å². The van der Waals surface area contributed by atoms with E-state index < -0.39 is 23.8 Å². The minimum atomic E-state index is -1.13. The van der Waals surface area contributed by atoms with Crippen LogP contribution < -0.4 is 10.6 Å². The van der Waals surface area contributed by atoms with E-state index in [1.54, 1.807) is 24.3 Å². The molecule has 1 aromatic rings. The van der Waals surface area contributed by atoms with Crippen molar-refractivity contribution in [2.24, 2.45) is 0 Å². The zero-order valence-corrected chi connectivity index (χ0v) is 11.7. The zero-order chi connectivity index (χ0) is 14.4. The second-order valence-corrected chi connectivity index (χ2v) is 4.64. The van der Waals surface area contributed by atoms with E-state index in [2.05, 4.69) is 26.6 Å². The maximum atomic E-state index is 11.8. The fraction of sp³-hybridized carbons (Fsp3) is 0.250. The Kier molecular flexibility index (Phi) is 5.50. The van der Waals surface area contributed by atoms with Gasteiger partial charge in [0.1, 0.15) is 6.04 Å². The number of amides is 2. The van der Waals surface area contributed by atoms with E-state index in [4.69, 9.17) is 5.11 Å². The monoisotopic (exact) mass is 328 g/mol. The third-order valence-electron chi connectivity index (χ3n) is 2.28. The third-order valence-corrected chi connectivity index (χ3v) is 2.97. The molecular weight excluding hydrogens is 316 g/mol. The molecule has 0 aliphatic rings. The highest BCUT2D eigenvalue weighted by molar-refractivity contribution is 9.10.